The van der Waals surface area contributed by atoms with E-state index in [1.807, 2.05) is 6.92 Å². The fraction of sp³-hybridized carbons (Fsp3) is 0.828. The van der Waals surface area contributed by atoms with Gasteiger partial charge in [-0.15, -0.1) is 0 Å². The zero-order valence-corrected chi connectivity index (χ0v) is 54.2. The molecule has 0 radical (unpaired) electrons. The predicted molar refractivity (Wildman–Crippen MR) is 303 cm³/mol. The van der Waals surface area contributed by atoms with Crippen LogP contribution in [0, 0.1) is 17.8 Å². The van der Waals surface area contributed by atoms with E-state index in [4.69, 9.17) is 105 Å². The van der Waals surface area contributed by atoms with Crippen molar-refractivity contribution in [1.82, 2.24) is 0 Å². The van der Waals surface area contributed by atoms with Crippen LogP contribution in [0.3, 0.4) is 0 Å². The summed E-state index contributed by atoms with van der Waals surface area (Å²) >= 11 is 0. The van der Waals surface area contributed by atoms with Crippen LogP contribution >= 0.6 is 0 Å². The SMILES string of the molecule is CC(=O)OCC1O[C@@H](OC(C)=O)C(OC(C)=O)[C@@H](C)[C@H]1OC(C)=O.CC(=O)OCC1O[C@@H](OCCOCCOCCOCCO)C(OC(C)=O)[C@@H](C)[C@H]1OC(C)=O.CCCOCCOCCOCCO[C@@H]1OC(COC(C)=O)[C@H](OC(C)=O)[C@H](C)C1OC(C)=O. The number of ether oxygens (including phenoxy) is 21. The number of hydrogen-bond donors (Lipinski definition) is 1. The van der Waals surface area contributed by atoms with Crippen molar-refractivity contribution in [2.45, 2.75) is 177 Å². The van der Waals surface area contributed by atoms with Crippen LogP contribution < -0.4 is 0 Å². The Kier molecular flexibility index (Phi) is 43.1. The van der Waals surface area contributed by atoms with Crippen LogP contribution in [0.25, 0.3) is 0 Å². The molecule has 3 fully saturated rings. The van der Waals surface area contributed by atoms with E-state index in [-0.39, 0.29) is 59.5 Å². The van der Waals surface area contributed by atoms with Crippen molar-refractivity contribution in [3.05, 3.63) is 0 Å². The molecule has 32 heteroatoms. The minimum Gasteiger partial charge on any atom is -0.463 e. The first-order chi connectivity index (χ1) is 42.6. The number of carbonyl (C=O) groups is 10. The van der Waals surface area contributed by atoms with E-state index < -0.39 is 151 Å². The molecule has 3 aliphatic heterocycles. The van der Waals surface area contributed by atoms with Crippen molar-refractivity contribution in [1.29, 1.82) is 0 Å². The Morgan fingerprint density at radius 2 is 0.533 bits per heavy atom. The molecule has 3 saturated heterocycles. The fourth-order valence-corrected chi connectivity index (χ4v) is 8.76. The van der Waals surface area contributed by atoms with Gasteiger partial charge < -0.3 is 105 Å². The van der Waals surface area contributed by atoms with Crippen LogP contribution in [0.2, 0.25) is 0 Å². The molecule has 90 heavy (non-hydrogen) atoms. The van der Waals surface area contributed by atoms with Crippen LogP contribution in [0.5, 0.6) is 0 Å². The molecule has 0 saturated carbocycles. The molecule has 3 rings (SSSR count). The lowest BCUT2D eigenvalue weighted by Gasteiger charge is -2.43. The van der Waals surface area contributed by atoms with Crippen molar-refractivity contribution >= 4 is 59.7 Å². The lowest BCUT2D eigenvalue weighted by molar-refractivity contribution is -0.295. The second-order valence-electron chi connectivity index (χ2n) is 20.3. The third kappa shape index (κ3) is 35.7. The van der Waals surface area contributed by atoms with Gasteiger partial charge in [-0.1, -0.05) is 27.7 Å². The van der Waals surface area contributed by atoms with Crippen LogP contribution in [0.1, 0.15) is 103 Å². The zero-order valence-electron chi connectivity index (χ0n) is 54.2. The van der Waals surface area contributed by atoms with E-state index in [0.717, 1.165) is 13.0 Å². The zero-order chi connectivity index (χ0) is 67.7. The first-order valence-electron chi connectivity index (χ1n) is 29.5. The van der Waals surface area contributed by atoms with E-state index in [0.29, 0.717) is 52.9 Å². The van der Waals surface area contributed by atoms with Gasteiger partial charge in [0.2, 0.25) is 6.29 Å². The first-order valence-corrected chi connectivity index (χ1v) is 29.5. The highest BCUT2D eigenvalue weighted by Crippen LogP contribution is 2.34. The summed E-state index contributed by atoms with van der Waals surface area (Å²) in [5.74, 6) is -7.03. The molecule has 0 bridgehead atoms. The normalized spacial score (nSPS) is 26.0. The summed E-state index contributed by atoms with van der Waals surface area (Å²) in [6, 6.07) is 0. The van der Waals surface area contributed by atoms with E-state index >= 15 is 0 Å². The minimum atomic E-state index is -1.20. The van der Waals surface area contributed by atoms with Gasteiger partial charge in [-0.05, 0) is 6.42 Å². The summed E-state index contributed by atoms with van der Waals surface area (Å²) < 4.78 is 113. The highest BCUT2D eigenvalue weighted by Gasteiger charge is 2.51. The molecule has 3 heterocycles. The largest absolute Gasteiger partial charge is 0.463 e. The topological polar surface area (TPSA) is 385 Å². The average Bonchev–Trinajstić information content (AvgIpc) is 0.985. The molecule has 0 aromatic rings. The average molecular weight is 1310 g/mol. The predicted octanol–water partition coefficient (Wildman–Crippen LogP) is 1.42. The van der Waals surface area contributed by atoms with Crippen LogP contribution in [0.15, 0.2) is 0 Å². The molecule has 0 amide bonds. The third-order valence-corrected chi connectivity index (χ3v) is 12.5. The molecule has 520 valence electrons. The van der Waals surface area contributed by atoms with Gasteiger partial charge in [0, 0.05) is 93.6 Å². The number of aliphatic hydroxyl groups is 1. The highest BCUT2D eigenvalue weighted by atomic mass is 16.8. The number of carbonyl (C=O) groups excluding carboxylic acids is 10. The van der Waals surface area contributed by atoms with E-state index in [1.54, 1.807) is 20.8 Å². The summed E-state index contributed by atoms with van der Waals surface area (Å²) in [7, 11) is 0. The van der Waals surface area contributed by atoms with Gasteiger partial charge in [0.1, 0.15) is 56.4 Å². The maximum atomic E-state index is 11.6. The molecule has 3 aliphatic rings. The number of aliphatic hydroxyl groups excluding tert-OH is 1. The molecular formula is C58H96O32. The van der Waals surface area contributed by atoms with Crippen molar-refractivity contribution in [2.24, 2.45) is 17.8 Å². The molecular weight excluding hydrogens is 1210 g/mol. The van der Waals surface area contributed by atoms with E-state index in [1.165, 1.54) is 69.2 Å². The van der Waals surface area contributed by atoms with E-state index in [9.17, 15) is 47.9 Å². The standard InChI is InChI=1S/C22H38O11.C21H36O12.C15H22O9/c1-6-7-26-8-9-27-10-11-28-12-13-29-22-21(32-18(5)25)15(2)20(31-17(4)24)19(33-22)14-30-16(3)23;1-14-19(31-16(3)24)18(13-30-15(2)23)33-21(20(14)32-17(4)25)29-12-11-28-10-9-27-8-7-26-6-5-22;1-7-13(21-9(3)17)12(6-20-8(2)16)24-15(23-11(5)19)14(7)22-10(4)18/h15,19-22H,6-14H2,1-5H3;14,18-22H,5-13H2,1-4H3;7,12-15H,6H2,1-5H3/t15-,19?,20+,21?,22+;14-,18?,19+,20?,21+;7-,12?,13+,14?,15+/m000/s1. The van der Waals surface area contributed by atoms with E-state index in [2.05, 4.69) is 0 Å². The Balaban J connectivity index is 0.000000685. The number of esters is 10. The highest BCUT2D eigenvalue weighted by molar-refractivity contribution is 5.69. The Labute approximate surface area is 524 Å². The van der Waals surface area contributed by atoms with Crippen molar-refractivity contribution in [2.75, 3.05) is 119 Å². The summed E-state index contributed by atoms with van der Waals surface area (Å²) in [4.78, 5) is 114. The molecule has 6 unspecified atom stereocenters. The quantitative estimate of drug-likeness (QED) is 0.0522. The lowest BCUT2D eigenvalue weighted by atomic mass is 9.90. The fourth-order valence-electron chi connectivity index (χ4n) is 8.76. The Morgan fingerprint density at radius 1 is 0.300 bits per heavy atom. The Bertz CT molecular complexity index is 2020. The summed E-state index contributed by atoms with van der Waals surface area (Å²) in [6.45, 7) is 24.2. The number of hydrogen-bond acceptors (Lipinski definition) is 32. The van der Waals surface area contributed by atoms with Crippen molar-refractivity contribution < 1.29 is 153 Å². The first kappa shape index (κ1) is 82.2. The summed E-state index contributed by atoms with van der Waals surface area (Å²) in [5, 5.41) is 8.60. The summed E-state index contributed by atoms with van der Waals surface area (Å²) in [6.07, 6.45) is -9.69. The van der Waals surface area contributed by atoms with Crippen molar-refractivity contribution in [3.63, 3.8) is 0 Å². The molecule has 0 aromatic heterocycles. The van der Waals surface area contributed by atoms with Gasteiger partial charge in [-0.25, -0.2) is 0 Å². The molecule has 15 atom stereocenters. The van der Waals surface area contributed by atoms with Crippen molar-refractivity contribution in [3.8, 4) is 0 Å². The third-order valence-electron chi connectivity index (χ3n) is 12.5. The number of rotatable bonds is 37. The molecule has 0 aliphatic carbocycles. The van der Waals surface area contributed by atoms with Gasteiger partial charge in [-0.3, -0.25) is 47.9 Å². The Hall–Kier alpha value is -5.78. The smallest absolute Gasteiger partial charge is 0.305 e. The van der Waals surface area contributed by atoms with Gasteiger partial charge in [0.05, 0.1) is 92.5 Å². The van der Waals surface area contributed by atoms with Crippen LogP contribution in [0.4, 0.5) is 0 Å². The maximum Gasteiger partial charge on any atom is 0.305 e. The monoisotopic (exact) mass is 1300 g/mol. The molecule has 0 spiro atoms. The summed E-state index contributed by atoms with van der Waals surface area (Å²) in [5.41, 5.74) is 0. The van der Waals surface area contributed by atoms with Gasteiger partial charge in [-0.2, -0.15) is 0 Å². The molecule has 1 N–H and O–H groups in total. The van der Waals surface area contributed by atoms with Gasteiger partial charge in [0.25, 0.3) is 0 Å². The van der Waals surface area contributed by atoms with Gasteiger partial charge >= 0.3 is 59.7 Å². The Morgan fingerprint density at radius 3 is 0.789 bits per heavy atom. The van der Waals surface area contributed by atoms with Gasteiger partial charge in [0.15, 0.2) is 30.9 Å². The molecule has 0 aromatic carbocycles. The second kappa shape index (κ2) is 47.2. The lowest BCUT2D eigenvalue weighted by Crippen LogP contribution is -2.58. The minimum absolute atomic E-state index is 0.0280. The van der Waals surface area contributed by atoms with Crippen LogP contribution in [-0.4, -0.2) is 258 Å². The molecule has 32 nitrogen and oxygen atoms in total. The second-order valence-corrected chi connectivity index (χ2v) is 20.3. The van der Waals surface area contributed by atoms with Crippen LogP contribution in [-0.2, 0) is 147 Å². The maximum absolute atomic E-state index is 11.6.